The van der Waals surface area contributed by atoms with Gasteiger partial charge in [-0.1, -0.05) is 29.8 Å². The SMILES string of the molecule is O=C(NS(=O)(=O)c1cccnc1)c1ccc(CN(Cc2ccccn2)S(=O)(=O)c2ccc(Cl)cc2)cc1. The number of benzene rings is 2. The number of rotatable bonds is 9. The van der Waals surface area contributed by atoms with Gasteiger partial charge in [0.05, 0.1) is 17.1 Å². The topological polar surface area (TPSA) is 126 Å². The maximum Gasteiger partial charge on any atom is 0.265 e. The number of pyridine rings is 2. The highest BCUT2D eigenvalue weighted by Crippen LogP contribution is 2.22. The van der Waals surface area contributed by atoms with E-state index in [1.54, 1.807) is 36.5 Å². The maximum atomic E-state index is 13.4. The summed E-state index contributed by atoms with van der Waals surface area (Å²) in [5.41, 5.74) is 1.23. The Morgan fingerprint density at radius 1 is 0.811 bits per heavy atom. The highest BCUT2D eigenvalue weighted by atomic mass is 35.5. The molecule has 0 aliphatic heterocycles. The fourth-order valence-electron chi connectivity index (χ4n) is 3.36. The number of sulfonamides is 2. The number of carbonyl (C=O) groups excluding carboxylic acids is 1. The molecule has 12 heteroatoms. The molecule has 2 heterocycles. The number of nitrogens with zero attached hydrogens (tertiary/aromatic N) is 3. The van der Waals surface area contributed by atoms with Gasteiger partial charge in [-0.2, -0.15) is 4.31 Å². The van der Waals surface area contributed by atoms with Crippen LogP contribution in [0.3, 0.4) is 0 Å². The van der Waals surface area contributed by atoms with E-state index in [1.165, 1.54) is 59.0 Å². The Morgan fingerprint density at radius 2 is 1.54 bits per heavy atom. The van der Waals surface area contributed by atoms with Crippen molar-refractivity contribution in [2.24, 2.45) is 0 Å². The fraction of sp³-hybridized carbons (Fsp3) is 0.0800. The molecule has 0 fully saturated rings. The third-order valence-electron chi connectivity index (χ3n) is 5.26. The predicted molar refractivity (Wildman–Crippen MR) is 137 cm³/mol. The van der Waals surface area contributed by atoms with E-state index >= 15 is 0 Å². The molecule has 2 aromatic heterocycles. The molecule has 0 saturated carbocycles. The van der Waals surface area contributed by atoms with Crippen LogP contribution in [0.25, 0.3) is 0 Å². The van der Waals surface area contributed by atoms with Crippen LogP contribution < -0.4 is 4.72 Å². The zero-order chi connectivity index (χ0) is 26.5. The third-order valence-corrected chi connectivity index (χ3v) is 8.64. The van der Waals surface area contributed by atoms with E-state index in [0.717, 1.165) is 6.20 Å². The van der Waals surface area contributed by atoms with Crippen molar-refractivity contribution in [3.05, 3.63) is 119 Å². The van der Waals surface area contributed by atoms with Crippen molar-refractivity contribution < 1.29 is 21.6 Å². The number of hydrogen-bond acceptors (Lipinski definition) is 7. The quantitative estimate of drug-likeness (QED) is 0.333. The van der Waals surface area contributed by atoms with Crippen LogP contribution in [0, 0.1) is 0 Å². The Labute approximate surface area is 219 Å². The zero-order valence-electron chi connectivity index (χ0n) is 19.2. The normalized spacial score (nSPS) is 11.8. The minimum absolute atomic E-state index is 0.0113. The van der Waals surface area contributed by atoms with E-state index in [2.05, 4.69) is 9.97 Å². The number of halogens is 1. The zero-order valence-corrected chi connectivity index (χ0v) is 21.6. The molecule has 4 rings (SSSR count). The molecule has 1 N–H and O–H groups in total. The Bertz CT molecular complexity index is 1580. The summed E-state index contributed by atoms with van der Waals surface area (Å²) in [6.07, 6.45) is 4.13. The predicted octanol–water partition coefficient (Wildman–Crippen LogP) is 3.64. The molecule has 0 spiro atoms. The lowest BCUT2D eigenvalue weighted by Gasteiger charge is -2.22. The average molecular weight is 557 g/mol. The van der Waals surface area contributed by atoms with Crippen molar-refractivity contribution in [3.8, 4) is 0 Å². The van der Waals surface area contributed by atoms with Gasteiger partial charge in [-0.15, -0.1) is 0 Å². The van der Waals surface area contributed by atoms with E-state index in [1.807, 2.05) is 4.72 Å². The molecule has 0 atom stereocenters. The Morgan fingerprint density at radius 3 is 2.16 bits per heavy atom. The van der Waals surface area contributed by atoms with E-state index in [-0.39, 0.29) is 28.4 Å². The Kier molecular flexibility index (Phi) is 7.98. The second-order valence-electron chi connectivity index (χ2n) is 7.87. The molecule has 0 aliphatic rings. The first-order chi connectivity index (χ1) is 17.6. The summed E-state index contributed by atoms with van der Waals surface area (Å²) in [7, 11) is -8.02. The molecule has 0 radical (unpaired) electrons. The molecule has 4 aromatic rings. The van der Waals surface area contributed by atoms with Gasteiger partial charge < -0.3 is 0 Å². The smallest absolute Gasteiger partial charge is 0.265 e. The van der Waals surface area contributed by atoms with Gasteiger partial charge >= 0.3 is 0 Å². The lowest BCUT2D eigenvalue weighted by atomic mass is 10.1. The molecule has 9 nitrogen and oxygen atoms in total. The molecule has 0 unspecified atom stereocenters. The van der Waals surface area contributed by atoms with E-state index < -0.39 is 26.0 Å². The van der Waals surface area contributed by atoms with Gasteiger partial charge in [-0.25, -0.2) is 21.6 Å². The number of carbonyl (C=O) groups is 1. The summed E-state index contributed by atoms with van der Waals surface area (Å²) in [4.78, 5) is 20.5. The number of aromatic nitrogens is 2. The summed E-state index contributed by atoms with van der Waals surface area (Å²) in [5.74, 6) is -0.825. The Balaban J connectivity index is 1.55. The number of nitrogens with one attached hydrogen (secondary N) is 1. The molecular formula is C25H21ClN4O5S2. The monoisotopic (exact) mass is 556 g/mol. The second-order valence-corrected chi connectivity index (χ2v) is 11.9. The molecule has 1 amide bonds. The van der Waals surface area contributed by atoms with Crippen LogP contribution in [0.5, 0.6) is 0 Å². The summed E-state index contributed by atoms with van der Waals surface area (Å²) >= 11 is 5.92. The highest BCUT2D eigenvalue weighted by molar-refractivity contribution is 7.90. The number of hydrogen-bond donors (Lipinski definition) is 1. The summed E-state index contributed by atoms with van der Waals surface area (Å²) in [5, 5.41) is 0.412. The van der Waals surface area contributed by atoms with Crippen LogP contribution in [0.15, 0.2) is 107 Å². The van der Waals surface area contributed by atoms with E-state index in [0.29, 0.717) is 16.3 Å². The van der Waals surface area contributed by atoms with Crippen molar-refractivity contribution in [2.75, 3.05) is 0 Å². The van der Waals surface area contributed by atoms with Crippen LogP contribution in [0.1, 0.15) is 21.6 Å². The molecule has 37 heavy (non-hydrogen) atoms. The van der Waals surface area contributed by atoms with Gasteiger partial charge in [-0.3, -0.25) is 14.8 Å². The largest absolute Gasteiger partial charge is 0.268 e. The van der Waals surface area contributed by atoms with Gasteiger partial charge in [0.1, 0.15) is 4.90 Å². The lowest BCUT2D eigenvalue weighted by Crippen LogP contribution is -2.31. The van der Waals surface area contributed by atoms with E-state index in [4.69, 9.17) is 11.6 Å². The molecule has 0 aliphatic carbocycles. The molecule has 0 saturated heterocycles. The maximum absolute atomic E-state index is 13.4. The van der Waals surface area contributed by atoms with Crippen molar-refractivity contribution in [1.82, 2.24) is 19.0 Å². The van der Waals surface area contributed by atoms with Crippen LogP contribution in [0.4, 0.5) is 0 Å². The van der Waals surface area contributed by atoms with Crippen molar-refractivity contribution in [1.29, 1.82) is 0 Å². The first-order valence-electron chi connectivity index (χ1n) is 10.9. The first kappa shape index (κ1) is 26.4. The van der Waals surface area contributed by atoms with Crippen LogP contribution in [-0.4, -0.2) is 37.0 Å². The second kappa shape index (κ2) is 11.2. The van der Waals surface area contributed by atoms with Gasteiger partial charge in [0, 0.05) is 35.7 Å². The minimum atomic E-state index is -4.09. The van der Waals surface area contributed by atoms with Gasteiger partial charge in [0.15, 0.2) is 0 Å². The minimum Gasteiger partial charge on any atom is -0.268 e. The summed E-state index contributed by atoms with van der Waals surface area (Å²) in [6, 6.07) is 19.8. The Hall–Kier alpha value is -3.64. The fourth-order valence-corrected chi connectivity index (χ4v) is 5.83. The van der Waals surface area contributed by atoms with Crippen LogP contribution >= 0.6 is 11.6 Å². The van der Waals surface area contributed by atoms with Gasteiger partial charge in [-0.05, 0) is 66.2 Å². The number of amides is 1. The van der Waals surface area contributed by atoms with Gasteiger partial charge in [0.2, 0.25) is 10.0 Å². The summed E-state index contributed by atoms with van der Waals surface area (Å²) in [6.45, 7) is -0.00515. The summed E-state index contributed by atoms with van der Waals surface area (Å²) < 4.78 is 55.0. The van der Waals surface area contributed by atoms with Crippen molar-refractivity contribution in [3.63, 3.8) is 0 Å². The molecule has 2 aromatic carbocycles. The first-order valence-corrected chi connectivity index (χ1v) is 14.2. The van der Waals surface area contributed by atoms with E-state index in [9.17, 15) is 21.6 Å². The van der Waals surface area contributed by atoms with Crippen molar-refractivity contribution >= 4 is 37.6 Å². The average Bonchev–Trinajstić information content (AvgIpc) is 2.90. The molecular weight excluding hydrogens is 536 g/mol. The highest BCUT2D eigenvalue weighted by Gasteiger charge is 2.26. The third kappa shape index (κ3) is 6.57. The standard InChI is InChI=1S/C25H21ClN4O5S2/c26-21-10-12-23(13-11-21)37(34,35)30(18-22-4-1-2-15-28-22)17-19-6-8-20(9-7-19)25(31)29-36(32,33)24-5-3-14-27-16-24/h1-16H,17-18H2,(H,29,31). The van der Waals surface area contributed by atoms with Crippen molar-refractivity contribution in [2.45, 2.75) is 22.9 Å². The van der Waals surface area contributed by atoms with Crippen LogP contribution in [0.2, 0.25) is 5.02 Å². The van der Waals surface area contributed by atoms with Gasteiger partial charge in [0.25, 0.3) is 15.9 Å². The lowest BCUT2D eigenvalue weighted by molar-refractivity contribution is 0.0981. The molecule has 0 bridgehead atoms. The molecule has 190 valence electrons. The van der Waals surface area contributed by atoms with Crippen LogP contribution in [-0.2, 0) is 33.1 Å².